The van der Waals surface area contributed by atoms with Gasteiger partial charge >= 0.3 is 0 Å². The Balaban J connectivity index is 1.49. The number of hydrogen-bond donors (Lipinski definition) is 2. The highest BCUT2D eigenvalue weighted by Gasteiger charge is 2.20. The molecule has 196 valence electrons. The summed E-state index contributed by atoms with van der Waals surface area (Å²) in [4.78, 5) is 25.7. The Morgan fingerprint density at radius 3 is 2.79 bits per heavy atom. The van der Waals surface area contributed by atoms with Crippen molar-refractivity contribution in [3.63, 3.8) is 0 Å². The molecule has 0 saturated carbocycles. The van der Waals surface area contributed by atoms with E-state index in [1.54, 1.807) is 13.3 Å². The number of anilines is 4. The van der Waals surface area contributed by atoms with Crippen molar-refractivity contribution in [2.24, 2.45) is 0 Å². The van der Waals surface area contributed by atoms with Crippen LogP contribution in [0.4, 0.5) is 23.0 Å². The number of ether oxygens (including phenoxy) is 1. The normalized spacial score (nSPS) is 12.1. The molecule has 2 N–H and O–H groups in total. The molecular weight excluding hydrogens is 478 g/mol. The maximum Gasteiger partial charge on any atom is 0.247 e. The van der Waals surface area contributed by atoms with Gasteiger partial charge in [0.25, 0.3) is 0 Å². The molecule has 9 nitrogen and oxygen atoms in total. The second-order valence-electron chi connectivity index (χ2n) is 9.68. The van der Waals surface area contributed by atoms with Crippen LogP contribution in [0.2, 0.25) is 0 Å². The number of benzene rings is 2. The Bertz CT molecular complexity index is 1510. The summed E-state index contributed by atoms with van der Waals surface area (Å²) in [6.45, 7) is 6.19. The summed E-state index contributed by atoms with van der Waals surface area (Å²) in [5.74, 6) is 0.751. The summed E-state index contributed by atoms with van der Waals surface area (Å²) >= 11 is 0. The lowest BCUT2D eigenvalue weighted by molar-refractivity contribution is -0.111. The molecule has 0 unspecified atom stereocenters. The first-order valence-electron chi connectivity index (χ1n) is 12.6. The van der Waals surface area contributed by atoms with Crippen molar-refractivity contribution in [2.75, 3.05) is 56.9 Å². The molecule has 38 heavy (non-hydrogen) atoms. The minimum atomic E-state index is -0.293. The molecule has 0 atom stereocenters. The number of aryl methyl sites for hydroxylation is 2. The number of nitrogens with one attached hydrogen (secondary N) is 2. The standard InChI is InChI=1S/C29H33N7O2/c1-6-27(37)31-23-16-24(26(38-5)17-25(23)35(4)15-14-34(2)3)33-29-30-12-10-22(32-29)21-18-36-13-11-19-8-7-9-20(21)28(19)36/h6-10,12,16-18H,1,11,13-15H2,2-5H3,(H,31,37)(H,30,32,33). The van der Waals surface area contributed by atoms with E-state index in [0.717, 1.165) is 43.0 Å². The minimum Gasteiger partial charge on any atom is -0.494 e. The third kappa shape index (κ3) is 4.92. The fourth-order valence-electron chi connectivity index (χ4n) is 4.86. The number of aromatic nitrogens is 3. The molecule has 0 fully saturated rings. The van der Waals surface area contributed by atoms with Crippen LogP contribution in [0.1, 0.15) is 5.56 Å². The van der Waals surface area contributed by atoms with E-state index in [2.05, 4.69) is 61.0 Å². The fourth-order valence-corrected chi connectivity index (χ4v) is 4.86. The number of amides is 1. The molecule has 3 heterocycles. The number of rotatable bonds is 10. The highest BCUT2D eigenvalue weighted by Crippen LogP contribution is 2.39. The number of carbonyl (C=O) groups excluding carboxylic acids is 1. The maximum atomic E-state index is 12.3. The quantitative estimate of drug-likeness (QED) is 0.303. The number of methoxy groups -OCH3 is 1. The largest absolute Gasteiger partial charge is 0.494 e. The molecule has 1 aliphatic rings. The third-order valence-electron chi connectivity index (χ3n) is 6.84. The third-order valence-corrected chi connectivity index (χ3v) is 6.84. The van der Waals surface area contributed by atoms with E-state index in [-0.39, 0.29) is 5.91 Å². The summed E-state index contributed by atoms with van der Waals surface area (Å²) in [5.41, 5.74) is 6.68. The molecule has 1 aliphatic heterocycles. The van der Waals surface area contributed by atoms with Crippen LogP contribution in [-0.2, 0) is 17.8 Å². The first-order valence-corrected chi connectivity index (χ1v) is 12.6. The molecule has 0 aliphatic carbocycles. The molecule has 1 amide bonds. The zero-order valence-electron chi connectivity index (χ0n) is 22.3. The number of para-hydroxylation sites is 1. The number of nitrogens with zero attached hydrogens (tertiary/aromatic N) is 5. The minimum absolute atomic E-state index is 0.293. The molecule has 0 spiro atoms. The average Bonchev–Trinajstić information content (AvgIpc) is 3.51. The number of likely N-dealkylation sites (N-methyl/N-ethyl adjacent to an activating group) is 2. The Labute approximate surface area is 222 Å². The molecule has 0 radical (unpaired) electrons. The second-order valence-corrected chi connectivity index (χ2v) is 9.68. The van der Waals surface area contributed by atoms with Gasteiger partial charge in [0.15, 0.2) is 0 Å². The Kier molecular flexibility index (Phi) is 7.02. The molecule has 5 rings (SSSR count). The van der Waals surface area contributed by atoms with Crippen molar-refractivity contribution in [1.29, 1.82) is 0 Å². The topological polar surface area (TPSA) is 87.5 Å². The lowest BCUT2D eigenvalue weighted by Gasteiger charge is -2.26. The molecular formula is C29H33N7O2. The molecule has 0 bridgehead atoms. The van der Waals surface area contributed by atoms with Gasteiger partial charge < -0.3 is 29.7 Å². The van der Waals surface area contributed by atoms with Crippen LogP contribution >= 0.6 is 0 Å². The highest BCUT2D eigenvalue weighted by molar-refractivity contribution is 6.02. The highest BCUT2D eigenvalue weighted by atomic mass is 16.5. The van der Waals surface area contributed by atoms with Gasteiger partial charge in [0.05, 0.1) is 35.4 Å². The van der Waals surface area contributed by atoms with Gasteiger partial charge in [-0.05, 0) is 44.3 Å². The van der Waals surface area contributed by atoms with Gasteiger partial charge in [0, 0.05) is 56.1 Å². The van der Waals surface area contributed by atoms with Gasteiger partial charge in [0.2, 0.25) is 11.9 Å². The van der Waals surface area contributed by atoms with Crippen LogP contribution in [0.25, 0.3) is 22.2 Å². The molecule has 2 aromatic heterocycles. The summed E-state index contributed by atoms with van der Waals surface area (Å²) in [6.07, 6.45) is 6.24. The van der Waals surface area contributed by atoms with Crippen molar-refractivity contribution in [1.82, 2.24) is 19.4 Å². The zero-order chi connectivity index (χ0) is 26.8. The molecule has 2 aromatic carbocycles. The monoisotopic (exact) mass is 511 g/mol. The van der Waals surface area contributed by atoms with Gasteiger partial charge in [-0.15, -0.1) is 0 Å². The smallest absolute Gasteiger partial charge is 0.247 e. The summed E-state index contributed by atoms with van der Waals surface area (Å²) in [7, 11) is 7.66. The first kappa shape index (κ1) is 25.3. The maximum absolute atomic E-state index is 12.3. The number of carbonyl (C=O) groups is 1. The molecule has 0 saturated heterocycles. The second kappa shape index (κ2) is 10.5. The Morgan fingerprint density at radius 1 is 1.18 bits per heavy atom. The van der Waals surface area contributed by atoms with E-state index in [1.165, 1.54) is 22.5 Å². The lowest BCUT2D eigenvalue weighted by atomic mass is 10.1. The van der Waals surface area contributed by atoms with Gasteiger partial charge in [-0.25, -0.2) is 9.97 Å². The summed E-state index contributed by atoms with van der Waals surface area (Å²) in [6, 6.07) is 12.1. The SMILES string of the molecule is C=CC(=O)Nc1cc(Nc2nccc(-c3cn4c5c(cccc35)CC4)n2)c(OC)cc1N(C)CCN(C)C. The van der Waals surface area contributed by atoms with Crippen molar-refractivity contribution in [3.8, 4) is 17.0 Å². The van der Waals surface area contributed by atoms with Crippen molar-refractivity contribution < 1.29 is 9.53 Å². The fraction of sp³-hybridized carbons (Fsp3) is 0.276. The predicted molar refractivity (Wildman–Crippen MR) is 154 cm³/mol. The van der Waals surface area contributed by atoms with Crippen LogP contribution in [0, 0.1) is 0 Å². The van der Waals surface area contributed by atoms with Crippen LogP contribution < -0.4 is 20.3 Å². The van der Waals surface area contributed by atoms with Gasteiger partial charge in [-0.2, -0.15) is 0 Å². The zero-order valence-corrected chi connectivity index (χ0v) is 22.3. The van der Waals surface area contributed by atoms with Gasteiger partial charge in [-0.1, -0.05) is 24.8 Å². The van der Waals surface area contributed by atoms with E-state index in [0.29, 0.717) is 23.1 Å². The van der Waals surface area contributed by atoms with Crippen molar-refractivity contribution >= 4 is 39.8 Å². The molecule has 4 aromatic rings. The van der Waals surface area contributed by atoms with E-state index >= 15 is 0 Å². The van der Waals surface area contributed by atoms with Crippen LogP contribution in [-0.4, -0.2) is 66.7 Å². The summed E-state index contributed by atoms with van der Waals surface area (Å²) in [5, 5.41) is 7.43. The molecule has 9 heteroatoms. The van der Waals surface area contributed by atoms with Crippen LogP contribution in [0.5, 0.6) is 5.75 Å². The van der Waals surface area contributed by atoms with E-state index in [9.17, 15) is 4.79 Å². The Morgan fingerprint density at radius 2 is 2.03 bits per heavy atom. The number of hydrogen-bond acceptors (Lipinski definition) is 7. The van der Waals surface area contributed by atoms with Crippen LogP contribution in [0.15, 0.2) is 61.4 Å². The Hall–Kier alpha value is -4.37. The van der Waals surface area contributed by atoms with E-state index < -0.39 is 0 Å². The van der Waals surface area contributed by atoms with Gasteiger partial charge in [-0.3, -0.25) is 4.79 Å². The van der Waals surface area contributed by atoms with E-state index in [1.807, 2.05) is 39.3 Å². The predicted octanol–water partition coefficient (Wildman–Crippen LogP) is 4.53. The first-order chi connectivity index (χ1) is 18.4. The van der Waals surface area contributed by atoms with E-state index in [4.69, 9.17) is 9.72 Å². The lowest BCUT2D eigenvalue weighted by Crippen LogP contribution is -2.29. The van der Waals surface area contributed by atoms with Crippen molar-refractivity contribution in [3.05, 3.63) is 67.0 Å². The van der Waals surface area contributed by atoms with Crippen molar-refractivity contribution in [2.45, 2.75) is 13.0 Å². The average molecular weight is 512 g/mol. The van der Waals surface area contributed by atoms with Gasteiger partial charge in [0.1, 0.15) is 5.75 Å². The summed E-state index contributed by atoms with van der Waals surface area (Å²) < 4.78 is 8.03. The van der Waals surface area contributed by atoms with Crippen LogP contribution in [0.3, 0.4) is 0 Å².